The predicted octanol–water partition coefficient (Wildman–Crippen LogP) is 4.44. The van der Waals surface area contributed by atoms with E-state index in [2.05, 4.69) is 15.3 Å². The minimum atomic E-state index is -0.0629. The Hall–Kier alpha value is -2.74. The molecule has 9 heteroatoms. The zero-order valence-corrected chi connectivity index (χ0v) is 17.6. The van der Waals surface area contributed by atoms with E-state index < -0.39 is 0 Å². The van der Waals surface area contributed by atoms with Gasteiger partial charge in [0.25, 0.3) is 0 Å². The second kappa shape index (κ2) is 7.94. The Labute approximate surface area is 175 Å². The molecule has 29 heavy (non-hydrogen) atoms. The summed E-state index contributed by atoms with van der Waals surface area (Å²) in [5, 5.41) is 7.56. The maximum atomic E-state index is 12.9. The van der Waals surface area contributed by atoms with Gasteiger partial charge in [0.1, 0.15) is 11.4 Å². The fourth-order valence-corrected chi connectivity index (χ4v) is 4.13. The molecule has 0 saturated heterocycles. The molecule has 0 atom stereocenters. The Bertz CT molecular complexity index is 918. The number of ether oxygens (including phenoxy) is 1. The maximum absolute atomic E-state index is 12.9. The lowest BCUT2D eigenvalue weighted by Crippen LogP contribution is -2.59. The number of fused-ring (bicyclic) bond motifs is 1. The molecule has 154 valence electrons. The van der Waals surface area contributed by atoms with Crippen molar-refractivity contribution in [2.24, 2.45) is 0 Å². The van der Waals surface area contributed by atoms with Crippen molar-refractivity contribution in [2.75, 3.05) is 35.9 Å². The molecule has 2 aromatic rings. The van der Waals surface area contributed by atoms with E-state index in [0.717, 1.165) is 31.5 Å². The van der Waals surface area contributed by atoms with Crippen LogP contribution in [-0.4, -0.2) is 47.8 Å². The first-order valence-corrected chi connectivity index (χ1v) is 10.2. The third-order valence-electron chi connectivity index (χ3n) is 5.49. The number of aromatic nitrogens is 2. The van der Waals surface area contributed by atoms with Crippen LogP contribution in [0.3, 0.4) is 0 Å². The van der Waals surface area contributed by atoms with Gasteiger partial charge in [-0.1, -0.05) is 24.4 Å². The van der Waals surface area contributed by atoms with E-state index in [1.807, 2.05) is 6.92 Å². The van der Waals surface area contributed by atoms with Gasteiger partial charge in [0, 0.05) is 19.7 Å². The number of carbonyl (C=O) groups excluding carboxylic acids is 1. The van der Waals surface area contributed by atoms with Gasteiger partial charge in [0.15, 0.2) is 5.82 Å². The van der Waals surface area contributed by atoms with Gasteiger partial charge in [-0.15, -0.1) is 0 Å². The number of anilines is 4. The standard InChI is InChI=1S/C20H25ClN6O2/c1-4-26-20(28)25(2)17-12-22-19(23-16-11-14(29-3)9-10-15(16)21)24-18(17)27(26)13-7-5-6-8-13/h9-13H,4-8H2,1-3H3,(H,22,23,24). The van der Waals surface area contributed by atoms with Gasteiger partial charge in [-0.25, -0.2) is 14.8 Å². The number of nitrogens with zero attached hydrogens (tertiary/aromatic N) is 5. The number of hydrogen-bond acceptors (Lipinski definition) is 6. The van der Waals surface area contributed by atoms with E-state index in [9.17, 15) is 4.79 Å². The SMILES string of the molecule is CCN1C(=O)N(C)c2cnc(Nc3cc(OC)ccc3Cl)nc2N1C1CCCC1. The molecule has 1 fully saturated rings. The number of nitrogens with one attached hydrogen (secondary N) is 1. The van der Waals surface area contributed by atoms with Gasteiger partial charge in [-0.2, -0.15) is 4.98 Å². The molecular weight excluding hydrogens is 392 g/mol. The van der Waals surface area contributed by atoms with Crippen molar-refractivity contribution in [3.8, 4) is 5.75 Å². The first-order valence-electron chi connectivity index (χ1n) is 9.85. The number of hydrazine groups is 1. The number of halogens is 1. The van der Waals surface area contributed by atoms with Crippen LogP contribution < -0.4 is 20.0 Å². The van der Waals surface area contributed by atoms with Gasteiger partial charge in [-0.05, 0) is 31.9 Å². The van der Waals surface area contributed by atoms with Crippen molar-refractivity contribution in [1.82, 2.24) is 15.0 Å². The maximum Gasteiger partial charge on any atom is 0.343 e. The molecule has 0 radical (unpaired) electrons. The number of benzene rings is 1. The summed E-state index contributed by atoms with van der Waals surface area (Å²) in [6.07, 6.45) is 6.09. The zero-order chi connectivity index (χ0) is 20.5. The highest BCUT2D eigenvalue weighted by Gasteiger charge is 2.39. The van der Waals surface area contributed by atoms with Crippen LogP contribution in [0.25, 0.3) is 0 Å². The Balaban J connectivity index is 1.74. The molecule has 1 aromatic carbocycles. The zero-order valence-electron chi connectivity index (χ0n) is 16.9. The molecule has 0 bridgehead atoms. The molecule has 2 aliphatic rings. The van der Waals surface area contributed by atoms with Crippen LogP contribution in [-0.2, 0) is 0 Å². The molecule has 1 N–H and O–H groups in total. The Morgan fingerprint density at radius 1 is 1.31 bits per heavy atom. The van der Waals surface area contributed by atoms with Crippen LogP contribution in [0.1, 0.15) is 32.6 Å². The number of carbonyl (C=O) groups is 1. The van der Waals surface area contributed by atoms with Crippen LogP contribution in [0.2, 0.25) is 5.02 Å². The van der Waals surface area contributed by atoms with Crippen molar-refractivity contribution in [2.45, 2.75) is 38.6 Å². The monoisotopic (exact) mass is 416 g/mol. The molecule has 2 amide bonds. The van der Waals surface area contributed by atoms with Crippen molar-refractivity contribution < 1.29 is 9.53 Å². The molecule has 0 spiro atoms. The van der Waals surface area contributed by atoms with E-state index in [1.165, 1.54) is 0 Å². The van der Waals surface area contributed by atoms with E-state index in [0.29, 0.717) is 34.6 Å². The van der Waals surface area contributed by atoms with Crippen LogP contribution in [0, 0.1) is 0 Å². The van der Waals surface area contributed by atoms with Crippen molar-refractivity contribution in [1.29, 1.82) is 0 Å². The normalized spacial score (nSPS) is 17.0. The molecule has 2 heterocycles. The molecule has 1 aromatic heterocycles. The summed E-state index contributed by atoms with van der Waals surface area (Å²) < 4.78 is 5.28. The van der Waals surface area contributed by atoms with Gasteiger partial charge in [-0.3, -0.25) is 9.91 Å². The van der Waals surface area contributed by atoms with Gasteiger partial charge in [0.2, 0.25) is 5.95 Å². The van der Waals surface area contributed by atoms with E-state index in [-0.39, 0.29) is 12.1 Å². The van der Waals surface area contributed by atoms with Crippen molar-refractivity contribution in [3.63, 3.8) is 0 Å². The van der Waals surface area contributed by atoms with Crippen LogP contribution in [0.4, 0.5) is 27.9 Å². The van der Waals surface area contributed by atoms with Crippen LogP contribution in [0.5, 0.6) is 5.75 Å². The topological polar surface area (TPSA) is 73.8 Å². The minimum absolute atomic E-state index is 0.0629. The molecule has 8 nitrogen and oxygen atoms in total. The Morgan fingerprint density at radius 3 is 2.76 bits per heavy atom. The summed E-state index contributed by atoms with van der Waals surface area (Å²) in [7, 11) is 3.36. The predicted molar refractivity (Wildman–Crippen MR) is 114 cm³/mol. The highest BCUT2D eigenvalue weighted by Crippen LogP contribution is 2.39. The number of amides is 2. The summed E-state index contributed by atoms with van der Waals surface area (Å²) in [5.41, 5.74) is 1.36. The highest BCUT2D eigenvalue weighted by atomic mass is 35.5. The van der Waals surface area contributed by atoms with Gasteiger partial charge < -0.3 is 10.1 Å². The average Bonchev–Trinajstić information content (AvgIpc) is 3.26. The van der Waals surface area contributed by atoms with E-state index in [4.69, 9.17) is 21.3 Å². The van der Waals surface area contributed by atoms with Crippen molar-refractivity contribution in [3.05, 3.63) is 29.4 Å². The molecule has 4 rings (SSSR count). The number of rotatable bonds is 5. The number of hydrogen-bond donors (Lipinski definition) is 1. The summed E-state index contributed by atoms with van der Waals surface area (Å²) in [6, 6.07) is 5.55. The molecule has 0 unspecified atom stereocenters. The highest BCUT2D eigenvalue weighted by molar-refractivity contribution is 6.33. The van der Waals surface area contributed by atoms with Crippen LogP contribution in [0.15, 0.2) is 24.4 Å². The quantitative estimate of drug-likeness (QED) is 0.776. The third kappa shape index (κ3) is 3.53. The average molecular weight is 417 g/mol. The Morgan fingerprint density at radius 2 is 2.07 bits per heavy atom. The molecule has 1 saturated carbocycles. The number of urea groups is 1. The van der Waals surface area contributed by atoms with Crippen molar-refractivity contribution >= 4 is 40.8 Å². The minimum Gasteiger partial charge on any atom is -0.497 e. The van der Waals surface area contributed by atoms with Crippen LogP contribution >= 0.6 is 11.6 Å². The summed E-state index contributed by atoms with van der Waals surface area (Å²) in [4.78, 5) is 23.7. The fourth-order valence-electron chi connectivity index (χ4n) is 3.97. The summed E-state index contributed by atoms with van der Waals surface area (Å²) in [5.74, 6) is 1.84. The first kappa shape index (κ1) is 19.6. The van der Waals surface area contributed by atoms with E-state index >= 15 is 0 Å². The molecular formula is C20H25ClN6O2. The first-order chi connectivity index (χ1) is 14.0. The molecule has 1 aliphatic heterocycles. The van der Waals surface area contributed by atoms with Gasteiger partial charge in [0.05, 0.1) is 30.1 Å². The second-order valence-electron chi connectivity index (χ2n) is 7.21. The van der Waals surface area contributed by atoms with E-state index in [1.54, 1.807) is 48.5 Å². The largest absolute Gasteiger partial charge is 0.497 e. The molecule has 1 aliphatic carbocycles. The summed E-state index contributed by atoms with van der Waals surface area (Å²) in [6.45, 7) is 2.56. The van der Waals surface area contributed by atoms with Gasteiger partial charge >= 0.3 is 6.03 Å². The smallest absolute Gasteiger partial charge is 0.343 e. The lowest BCUT2D eigenvalue weighted by Gasteiger charge is -2.45. The lowest BCUT2D eigenvalue weighted by atomic mass is 10.2. The summed E-state index contributed by atoms with van der Waals surface area (Å²) >= 11 is 6.32. The second-order valence-corrected chi connectivity index (χ2v) is 7.62. The number of methoxy groups -OCH3 is 1. The lowest BCUT2D eigenvalue weighted by molar-refractivity contribution is 0.191. The fraction of sp³-hybridized carbons (Fsp3) is 0.450. The Kier molecular flexibility index (Phi) is 5.36. The third-order valence-corrected chi connectivity index (χ3v) is 5.82.